The summed E-state index contributed by atoms with van der Waals surface area (Å²) in [5.41, 5.74) is 1.01. The number of aliphatic carboxylic acids is 1. The summed E-state index contributed by atoms with van der Waals surface area (Å²) in [6.45, 7) is 6.01. The van der Waals surface area contributed by atoms with E-state index in [-0.39, 0.29) is 18.1 Å². The molecule has 2 atom stereocenters. The zero-order valence-electron chi connectivity index (χ0n) is 16.5. The van der Waals surface area contributed by atoms with Gasteiger partial charge in [-0.15, -0.1) is 0 Å². The van der Waals surface area contributed by atoms with Crippen molar-refractivity contribution in [1.29, 1.82) is 0 Å². The molecule has 0 bridgehead atoms. The van der Waals surface area contributed by atoms with E-state index in [4.69, 9.17) is 5.11 Å². The fourth-order valence-electron chi connectivity index (χ4n) is 3.24. The van der Waals surface area contributed by atoms with Gasteiger partial charge in [0, 0.05) is 18.4 Å². The van der Waals surface area contributed by atoms with E-state index in [1.807, 2.05) is 38.2 Å². The van der Waals surface area contributed by atoms with Crippen LogP contribution in [0.3, 0.4) is 0 Å². The Morgan fingerprint density at radius 3 is 2.65 bits per heavy atom. The number of unbranched alkanes of at least 4 members (excludes halogenated alkanes) is 3. The maximum atomic E-state index is 12.3. The molecule has 0 aromatic rings. The van der Waals surface area contributed by atoms with E-state index in [1.54, 1.807) is 0 Å². The van der Waals surface area contributed by atoms with Gasteiger partial charge in [-0.3, -0.25) is 9.59 Å². The van der Waals surface area contributed by atoms with Gasteiger partial charge in [0.15, 0.2) is 5.78 Å². The van der Waals surface area contributed by atoms with Gasteiger partial charge in [0.25, 0.3) is 0 Å². The first kappa shape index (κ1) is 22.4. The SMILES string of the molecule is CCCCCC(C)(O)C=CC1=C(CC=CCCCC(=O)O)C(=O)CC1C. The predicted octanol–water partition coefficient (Wildman–Crippen LogP) is 4.98. The molecule has 2 N–H and O–H groups in total. The first-order valence-corrected chi connectivity index (χ1v) is 9.81. The second-order valence-corrected chi connectivity index (χ2v) is 7.57. The highest BCUT2D eigenvalue weighted by Crippen LogP contribution is 2.33. The van der Waals surface area contributed by atoms with E-state index in [0.29, 0.717) is 25.7 Å². The Labute approximate surface area is 157 Å². The van der Waals surface area contributed by atoms with Crippen LogP contribution in [0, 0.1) is 5.92 Å². The zero-order valence-corrected chi connectivity index (χ0v) is 16.5. The molecule has 0 amide bonds. The van der Waals surface area contributed by atoms with Gasteiger partial charge in [0.2, 0.25) is 0 Å². The van der Waals surface area contributed by atoms with Gasteiger partial charge in [-0.1, -0.05) is 57.4 Å². The van der Waals surface area contributed by atoms with Gasteiger partial charge in [0.1, 0.15) is 0 Å². The number of hydrogen-bond donors (Lipinski definition) is 2. The lowest BCUT2D eigenvalue weighted by atomic mass is 9.94. The molecule has 0 saturated carbocycles. The van der Waals surface area contributed by atoms with Gasteiger partial charge in [0.05, 0.1) is 5.60 Å². The number of allylic oxidation sites excluding steroid dienone is 5. The van der Waals surface area contributed by atoms with Crippen molar-refractivity contribution >= 4 is 11.8 Å². The van der Waals surface area contributed by atoms with E-state index in [2.05, 4.69) is 6.92 Å². The minimum atomic E-state index is -0.842. The third-order valence-electron chi connectivity index (χ3n) is 4.87. The van der Waals surface area contributed by atoms with Crippen molar-refractivity contribution in [2.24, 2.45) is 5.92 Å². The highest BCUT2D eigenvalue weighted by molar-refractivity contribution is 6.00. The van der Waals surface area contributed by atoms with E-state index < -0.39 is 11.6 Å². The molecule has 4 nitrogen and oxygen atoms in total. The topological polar surface area (TPSA) is 74.6 Å². The lowest BCUT2D eigenvalue weighted by Crippen LogP contribution is -2.20. The molecular weight excluding hydrogens is 328 g/mol. The van der Waals surface area contributed by atoms with Crippen LogP contribution in [0.4, 0.5) is 0 Å². The molecule has 146 valence electrons. The van der Waals surface area contributed by atoms with Crippen LogP contribution in [0.5, 0.6) is 0 Å². The van der Waals surface area contributed by atoms with Crippen LogP contribution >= 0.6 is 0 Å². The molecule has 0 fully saturated rings. The fourth-order valence-corrected chi connectivity index (χ4v) is 3.24. The van der Waals surface area contributed by atoms with Gasteiger partial charge >= 0.3 is 5.97 Å². The molecule has 1 rings (SSSR count). The monoisotopic (exact) mass is 362 g/mol. The van der Waals surface area contributed by atoms with Crippen LogP contribution in [-0.2, 0) is 9.59 Å². The highest BCUT2D eigenvalue weighted by Gasteiger charge is 2.27. The quantitative estimate of drug-likeness (QED) is 0.379. The summed E-state index contributed by atoms with van der Waals surface area (Å²) in [7, 11) is 0. The first-order chi connectivity index (χ1) is 12.3. The van der Waals surface area contributed by atoms with Crippen molar-refractivity contribution in [2.45, 2.75) is 84.2 Å². The largest absolute Gasteiger partial charge is 0.481 e. The van der Waals surface area contributed by atoms with Gasteiger partial charge in [-0.2, -0.15) is 0 Å². The average molecular weight is 363 g/mol. The Balaban J connectivity index is 2.70. The standard InChI is InChI=1S/C22H34O4/c1-4-5-10-14-22(3,26)15-13-18-17(2)16-20(23)19(18)11-8-6-7-9-12-21(24)25/h6,8,13,15,17,26H,4-5,7,9-12,14,16H2,1-3H3,(H,24,25). The Morgan fingerprint density at radius 2 is 2.00 bits per heavy atom. The van der Waals surface area contributed by atoms with Gasteiger partial charge in [-0.25, -0.2) is 0 Å². The van der Waals surface area contributed by atoms with Crippen molar-refractivity contribution in [3.05, 3.63) is 35.5 Å². The lowest BCUT2D eigenvalue weighted by Gasteiger charge is -2.19. The number of aliphatic hydroxyl groups is 1. The normalized spacial score (nSPS) is 20.5. The molecule has 4 heteroatoms. The average Bonchev–Trinajstić information content (AvgIpc) is 2.82. The van der Waals surface area contributed by atoms with E-state index in [0.717, 1.165) is 36.8 Å². The van der Waals surface area contributed by atoms with E-state index in [9.17, 15) is 14.7 Å². The molecule has 0 saturated heterocycles. The highest BCUT2D eigenvalue weighted by atomic mass is 16.4. The summed E-state index contributed by atoms with van der Waals surface area (Å²) < 4.78 is 0. The Bertz CT molecular complexity index is 567. The number of carbonyl (C=O) groups is 2. The Hall–Kier alpha value is -1.68. The summed E-state index contributed by atoms with van der Waals surface area (Å²) >= 11 is 0. The summed E-state index contributed by atoms with van der Waals surface area (Å²) in [6.07, 6.45) is 14.2. The number of carbonyl (C=O) groups excluding carboxylic acids is 1. The number of rotatable bonds is 12. The number of carboxylic acid groups (broad SMARTS) is 1. The lowest BCUT2D eigenvalue weighted by molar-refractivity contribution is -0.137. The minimum absolute atomic E-state index is 0.171. The maximum Gasteiger partial charge on any atom is 0.303 e. The smallest absolute Gasteiger partial charge is 0.303 e. The Morgan fingerprint density at radius 1 is 1.27 bits per heavy atom. The molecule has 1 aliphatic carbocycles. The first-order valence-electron chi connectivity index (χ1n) is 9.81. The molecule has 0 spiro atoms. The fraction of sp³-hybridized carbons (Fsp3) is 0.636. The molecule has 2 unspecified atom stereocenters. The molecule has 0 radical (unpaired) electrons. The van der Waals surface area contributed by atoms with E-state index >= 15 is 0 Å². The zero-order chi connectivity index (χ0) is 19.6. The number of ketones is 1. The summed E-state index contributed by atoms with van der Waals surface area (Å²) in [5, 5.41) is 19.1. The summed E-state index contributed by atoms with van der Waals surface area (Å²) in [6, 6.07) is 0. The van der Waals surface area contributed by atoms with Crippen molar-refractivity contribution in [1.82, 2.24) is 0 Å². The van der Waals surface area contributed by atoms with Crippen LogP contribution in [0.15, 0.2) is 35.5 Å². The summed E-state index contributed by atoms with van der Waals surface area (Å²) in [5.74, 6) is -0.419. The predicted molar refractivity (Wildman–Crippen MR) is 105 cm³/mol. The molecule has 0 aromatic heterocycles. The van der Waals surface area contributed by atoms with Crippen molar-refractivity contribution in [3.8, 4) is 0 Å². The second-order valence-electron chi connectivity index (χ2n) is 7.57. The molecule has 0 aliphatic heterocycles. The molecule has 0 aromatic carbocycles. The van der Waals surface area contributed by atoms with Gasteiger partial charge in [-0.05, 0) is 44.1 Å². The van der Waals surface area contributed by atoms with Crippen LogP contribution in [0.1, 0.15) is 78.6 Å². The van der Waals surface area contributed by atoms with Crippen LogP contribution in [-0.4, -0.2) is 27.6 Å². The van der Waals surface area contributed by atoms with Crippen molar-refractivity contribution < 1.29 is 19.8 Å². The Kier molecular flexibility index (Phi) is 9.57. The summed E-state index contributed by atoms with van der Waals surface area (Å²) in [4.78, 5) is 22.8. The third kappa shape index (κ3) is 8.13. The second kappa shape index (κ2) is 11.1. The minimum Gasteiger partial charge on any atom is -0.481 e. The molecule has 1 aliphatic rings. The molecule has 26 heavy (non-hydrogen) atoms. The number of carboxylic acids is 1. The maximum absolute atomic E-state index is 12.3. The molecule has 0 heterocycles. The van der Waals surface area contributed by atoms with Crippen molar-refractivity contribution in [3.63, 3.8) is 0 Å². The van der Waals surface area contributed by atoms with Crippen molar-refractivity contribution in [2.75, 3.05) is 0 Å². The van der Waals surface area contributed by atoms with E-state index in [1.165, 1.54) is 0 Å². The number of hydrogen-bond acceptors (Lipinski definition) is 3. The molecular formula is C22H34O4. The van der Waals surface area contributed by atoms with Gasteiger partial charge < -0.3 is 10.2 Å². The van der Waals surface area contributed by atoms with Crippen LogP contribution in [0.25, 0.3) is 0 Å². The number of Topliss-reactive ketones (excluding diaryl/α,β-unsaturated/α-hetero) is 1. The van der Waals surface area contributed by atoms with Crippen LogP contribution < -0.4 is 0 Å². The van der Waals surface area contributed by atoms with Crippen LogP contribution in [0.2, 0.25) is 0 Å². The third-order valence-corrected chi connectivity index (χ3v) is 4.87.